The lowest BCUT2D eigenvalue weighted by molar-refractivity contribution is -0.133. The van der Waals surface area contributed by atoms with Gasteiger partial charge in [0.15, 0.2) is 0 Å². The van der Waals surface area contributed by atoms with Crippen molar-refractivity contribution in [1.29, 1.82) is 0 Å². The van der Waals surface area contributed by atoms with Crippen LogP contribution < -0.4 is 0 Å². The summed E-state index contributed by atoms with van der Waals surface area (Å²) in [5.74, 6) is -1.57. The molecule has 0 saturated carbocycles. The molecule has 0 aliphatic carbocycles. The van der Waals surface area contributed by atoms with E-state index in [1.54, 1.807) is 4.90 Å². The summed E-state index contributed by atoms with van der Waals surface area (Å²) in [4.78, 5) is 24.0. The second-order valence-corrected chi connectivity index (χ2v) is 4.38. The first-order valence-corrected chi connectivity index (χ1v) is 5.87. The van der Waals surface area contributed by atoms with Gasteiger partial charge < -0.3 is 10.0 Å². The predicted octanol–water partition coefficient (Wildman–Crippen LogP) is 2.04. The minimum absolute atomic E-state index is 0.00128. The van der Waals surface area contributed by atoms with Crippen LogP contribution in [0, 0.1) is 5.82 Å². The molecular formula is C13H14FNO3. The topological polar surface area (TPSA) is 57.6 Å². The van der Waals surface area contributed by atoms with E-state index in [4.69, 9.17) is 5.11 Å². The molecule has 0 atom stereocenters. The lowest BCUT2D eigenvalue weighted by Gasteiger charge is -2.27. The highest BCUT2D eigenvalue weighted by molar-refractivity contribution is 5.87. The van der Waals surface area contributed by atoms with E-state index in [2.05, 4.69) is 0 Å². The molecule has 1 aromatic rings. The number of piperidine rings is 1. The maximum absolute atomic E-state index is 13.6. The molecule has 1 aliphatic rings. The van der Waals surface area contributed by atoms with E-state index in [-0.39, 0.29) is 23.6 Å². The van der Waals surface area contributed by atoms with Crippen molar-refractivity contribution in [2.24, 2.45) is 0 Å². The second kappa shape index (κ2) is 5.16. The monoisotopic (exact) mass is 251 g/mol. The van der Waals surface area contributed by atoms with Crippen molar-refractivity contribution in [1.82, 2.24) is 4.90 Å². The molecule has 0 aromatic heterocycles. The largest absolute Gasteiger partial charge is 0.478 e. The highest BCUT2D eigenvalue weighted by Gasteiger charge is 2.19. The lowest BCUT2D eigenvalue weighted by Crippen LogP contribution is -2.34. The zero-order valence-electron chi connectivity index (χ0n) is 9.86. The number of carbonyl (C=O) groups excluding carboxylic acids is 1. The van der Waals surface area contributed by atoms with Crippen LogP contribution in [0.15, 0.2) is 18.2 Å². The Balaban J connectivity index is 2.19. The number of rotatable bonds is 3. The van der Waals surface area contributed by atoms with Gasteiger partial charge in [0.05, 0.1) is 5.56 Å². The SMILES string of the molecule is O=C(O)c1ccc(F)c(CN2CCCCC2=O)c1. The molecule has 1 N–H and O–H groups in total. The van der Waals surface area contributed by atoms with Gasteiger partial charge in [-0.3, -0.25) is 4.79 Å². The summed E-state index contributed by atoms with van der Waals surface area (Å²) in [7, 11) is 0. The summed E-state index contributed by atoms with van der Waals surface area (Å²) >= 11 is 0. The minimum atomic E-state index is -1.10. The highest BCUT2D eigenvalue weighted by atomic mass is 19.1. The Morgan fingerprint density at radius 1 is 1.39 bits per heavy atom. The van der Waals surface area contributed by atoms with Crippen molar-refractivity contribution in [2.75, 3.05) is 6.54 Å². The Bertz CT molecular complexity index is 487. The number of likely N-dealkylation sites (tertiary alicyclic amines) is 1. The molecular weight excluding hydrogens is 237 g/mol. The standard InChI is InChI=1S/C13H14FNO3/c14-11-5-4-9(13(17)18)7-10(11)8-15-6-2-1-3-12(15)16/h4-5,7H,1-3,6,8H2,(H,17,18). The van der Waals surface area contributed by atoms with Gasteiger partial charge in [0.2, 0.25) is 5.91 Å². The van der Waals surface area contributed by atoms with E-state index in [1.807, 2.05) is 0 Å². The quantitative estimate of drug-likeness (QED) is 0.894. The number of hydrogen-bond acceptors (Lipinski definition) is 2. The average Bonchev–Trinajstić information content (AvgIpc) is 2.34. The van der Waals surface area contributed by atoms with E-state index < -0.39 is 11.8 Å². The number of hydrogen-bond donors (Lipinski definition) is 1. The molecule has 0 radical (unpaired) electrons. The van der Waals surface area contributed by atoms with Gasteiger partial charge in [0.25, 0.3) is 0 Å². The number of carboxylic acids is 1. The Kier molecular flexibility index (Phi) is 3.60. The van der Waals surface area contributed by atoms with Crippen LogP contribution in [-0.4, -0.2) is 28.4 Å². The van der Waals surface area contributed by atoms with Crippen LogP contribution in [0.25, 0.3) is 0 Å². The number of amides is 1. The zero-order valence-corrected chi connectivity index (χ0v) is 9.86. The molecule has 1 saturated heterocycles. The first-order valence-electron chi connectivity index (χ1n) is 5.87. The molecule has 18 heavy (non-hydrogen) atoms. The molecule has 0 bridgehead atoms. The number of benzene rings is 1. The van der Waals surface area contributed by atoms with E-state index in [0.717, 1.165) is 18.9 Å². The molecule has 1 aromatic carbocycles. The summed E-state index contributed by atoms with van der Waals surface area (Å²) in [5.41, 5.74) is 0.293. The second-order valence-electron chi connectivity index (χ2n) is 4.38. The summed E-state index contributed by atoms with van der Waals surface area (Å²) in [6.07, 6.45) is 2.26. The smallest absolute Gasteiger partial charge is 0.335 e. The molecule has 1 aliphatic heterocycles. The number of carboxylic acid groups (broad SMARTS) is 1. The lowest BCUT2D eigenvalue weighted by atomic mass is 10.1. The Morgan fingerprint density at radius 2 is 2.17 bits per heavy atom. The summed E-state index contributed by atoms with van der Waals surface area (Å²) in [5, 5.41) is 8.86. The molecule has 96 valence electrons. The summed E-state index contributed by atoms with van der Waals surface area (Å²) in [6.45, 7) is 0.751. The number of aromatic carboxylic acids is 1. The molecule has 1 amide bonds. The predicted molar refractivity (Wildman–Crippen MR) is 62.6 cm³/mol. The molecule has 5 heteroatoms. The number of halogens is 1. The van der Waals surface area contributed by atoms with Gasteiger partial charge in [-0.1, -0.05) is 0 Å². The summed E-state index contributed by atoms with van der Waals surface area (Å²) < 4.78 is 13.6. The van der Waals surface area contributed by atoms with Crippen molar-refractivity contribution in [3.05, 3.63) is 35.1 Å². The van der Waals surface area contributed by atoms with Crippen LogP contribution in [-0.2, 0) is 11.3 Å². The summed E-state index contributed by atoms with van der Waals surface area (Å²) in [6, 6.07) is 3.64. The fourth-order valence-corrected chi connectivity index (χ4v) is 2.06. The van der Waals surface area contributed by atoms with Crippen LogP contribution in [0.1, 0.15) is 35.2 Å². The first kappa shape index (κ1) is 12.5. The van der Waals surface area contributed by atoms with Gasteiger partial charge in [0.1, 0.15) is 5.82 Å². The normalized spacial score (nSPS) is 15.8. The maximum atomic E-state index is 13.6. The third-order valence-corrected chi connectivity index (χ3v) is 3.08. The fraction of sp³-hybridized carbons (Fsp3) is 0.385. The Morgan fingerprint density at radius 3 is 2.83 bits per heavy atom. The van der Waals surface area contributed by atoms with Gasteiger partial charge >= 0.3 is 5.97 Å². The maximum Gasteiger partial charge on any atom is 0.335 e. The van der Waals surface area contributed by atoms with Crippen LogP contribution in [0.4, 0.5) is 4.39 Å². The van der Waals surface area contributed by atoms with Gasteiger partial charge in [-0.15, -0.1) is 0 Å². The first-order chi connectivity index (χ1) is 8.58. The minimum Gasteiger partial charge on any atom is -0.478 e. The number of nitrogens with zero attached hydrogens (tertiary/aromatic N) is 1. The van der Waals surface area contributed by atoms with E-state index in [0.29, 0.717) is 13.0 Å². The molecule has 1 heterocycles. The van der Waals surface area contributed by atoms with Gasteiger partial charge in [-0.25, -0.2) is 9.18 Å². The van der Waals surface area contributed by atoms with Crippen molar-refractivity contribution in [3.63, 3.8) is 0 Å². The van der Waals surface area contributed by atoms with Crippen molar-refractivity contribution in [2.45, 2.75) is 25.8 Å². The fourth-order valence-electron chi connectivity index (χ4n) is 2.06. The Labute approximate surface area is 104 Å². The van der Waals surface area contributed by atoms with E-state index in [9.17, 15) is 14.0 Å². The van der Waals surface area contributed by atoms with Gasteiger partial charge in [-0.05, 0) is 31.0 Å². The Hall–Kier alpha value is -1.91. The van der Waals surface area contributed by atoms with Gasteiger partial charge in [-0.2, -0.15) is 0 Å². The third-order valence-electron chi connectivity index (χ3n) is 3.08. The zero-order chi connectivity index (χ0) is 13.1. The highest BCUT2D eigenvalue weighted by Crippen LogP contribution is 2.17. The number of carbonyl (C=O) groups is 2. The molecule has 1 fully saturated rings. The van der Waals surface area contributed by atoms with Crippen molar-refractivity contribution < 1.29 is 19.1 Å². The molecule has 0 spiro atoms. The van der Waals surface area contributed by atoms with E-state index in [1.165, 1.54) is 12.1 Å². The van der Waals surface area contributed by atoms with E-state index >= 15 is 0 Å². The van der Waals surface area contributed by atoms with Crippen LogP contribution in [0.2, 0.25) is 0 Å². The third kappa shape index (κ3) is 2.67. The van der Waals surface area contributed by atoms with Crippen LogP contribution >= 0.6 is 0 Å². The van der Waals surface area contributed by atoms with Crippen molar-refractivity contribution in [3.8, 4) is 0 Å². The van der Waals surface area contributed by atoms with Gasteiger partial charge in [0, 0.05) is 25.1 Å². The molecule has 4 nitrogen and oxygen atoms in total. The average molecular weight is 251 g/mol. The molecule has 0 unspecified atom stereocenters. The molecule has 2 rings (SSSR count). The van der Waals surface area contributed by atoms with Crippen LogP contribution in [0.3, 0.4) is 0 Å². The van der Waals surface area contributed by atoms with Crippen molar-refractivity contribution >= 4 is 11.9 Å². The van der Waals surface area contributed by atoms with Crippen LogP contribution in [0.5, 0.6) is 0 Å².